The summed E-state index contributed by atoms with van der Waals surface area (Å²) in [4.78, 5) is 22.2. The Morgan fingerprint density at radius 2 is 1.14 bits per heavy atom. The van der Waals surface area contributed by atoms with E-state index < -0.39 is 11.9 Å². The largest absolute Gasteiger partial charge is 0.507 e. The van der Waals surface area contributed by atoms with Gasteiger partial charge in [-0.25, -0.2) is 9.59 Å². The summed E-state index contributed by atoms with van der Waals surface area (Å²) in [6, 6.07) is 7.43. The smallest absolute Gasteiger partial charge is 0.335 e. The third kappa shape index (κ3) is 3.26. The van der Waals surface area contributed by atoms with Crippen LogP contribution in [-0.4, -0.2) is 32.4 Å². The van der Waals surface area contributed by atoms with E-state index in [1.54, 1.807) is 0 Å². The maximum absolute atomic E-state index is 10.9. The summed E-state index contributed by atoms with van der Waals surface area (Å²) in [6.45, 7) is 0. The molecule has 0 aliphatic carbocycles. The van der Waals surface area contributed by atoms with Crippen LogP contribution in [0, 0.1) is 0 Å². The summed E-state index contributed by atoms with van der Waals surface area (Å²) in [6.07, 6.45) is 0. The van der Waals surface area contributed by atoms with Gasteiger partial charge in [0.2, 0.25) is 0 Å². The third-order valence-corrected chi connectivity index (χ3v) is 3.73. The van der Waals surface area contributed by atoms with Crippen molar-refractivity contribution in [1.82, 2.24) is 0 Å². The lowest BCUT2D eigenvalue weighted by molar-refractivity contribution is 0.0685. The van der Waals surface area contributed by atoms with Crippen LogP contribution in [-0.2, 0) is 0 Å². The Morgan fingerprint density at radius 1 is 0.762 bits per heavy atom. The molecule has 0 atom stereocenters. The van der Waals surface area contributed by atoms with E-state index in [1.165, 1.54) is 36.4 Å². The number of carboxylic acids is 2. The monoisotopic (exact) mass is 306 g/mol. The minimum absolute atomic E-state index is 0.0239. The topological polar surface area (TPSA) is 115 Å². The normalized spacial score (nSPS) is 10.3. The Balaban J connectivity index is 2.42. The molecule has 0 saturated carbocycles. The van der Waals surface area contributed by atoms with Gasteiger partial charge in [0.05, 0.1) is 20.9 Å². The highest BCUT2D eigenvalue weighted by Gasteiger charge is 2.13. The summed E-state index contributed by atoms with van der Waals surface area (Å²) in [7, 11) is 0. The van der Waals surface area contributed by atoms with Gasteiger partial charge in [0.1, 0.15) is 11.5 Å². The Labute approximate surface area is 123 Å². The second kappa shape index (κ2) is 5.76. The van der Waals surface area contributed by atoms with E-state index in [1.807, 2.05) is 0 Å². The average Bonchev–Trinajstić information content (AvgIpc) is 2.43. The summed E-state index contributed by atoms with van der Waals surface area (Å²) >= 11 is 0.877. The van der Waals surface area contributed by atoms with Gasteiger partial charge in [0, 0.05) is 0 Å². The Kier molecular flexibility index (Phi) is 4.04. The van der Waals surface area contributed by atoms with Crippen molar-refractivity contribution in [2.75, 3.05) is 0 Å². The van der Waals surface area contributed by atoms with Crippen LogP contribution >= 0.6 is 11.8 Å². The summed E-state index contributed by atoms with van der Waals surface area (Å²) in [5.41, 5.74) is -0.0478. The number of aromatic carboxylic acids is 2. The second-order valence-electron chi connectivity index (χ2n) is 4.08. The van der Waals surface area contributed by atoms with Crippen molar-refractivity contribution in [3.8, 4) is 11.5 Å². The molecule has 0 aliphatic rings. The number of hydrogen-bond donors (Lipinski definition) is 4. The molecule has 0 fully saturated rings. The molecule has 2 aromatic rings. The van der Waals surface area contributed by atoms with E-state index in [4.69, 9.17) is 10.2 Å². The van der Waals surface area contributed by atoms with E-state index >= 15 is 0 Å². The predicted molar refractivity (Wildman–Crippen MR) is 74.3 cm³/mol. The standard InChI is InChI=1S/C14H10O6S/c15-9-3-1-7(13(17)18)5-11(9)21-12-6-8(14(19)20)2-4-10(12)16/h1-6,15-16H,(H,17,18)(H,19,20). The molecule has 0 saturated heterocycles. The molecular formula is C14H10O6S. The molecule has 0 spiro atoms. The molecule has 2 rings (SSSR count). The van der Waals surface area contributed by atoms with Gasteiger partial charge in [0.25, 0.3) is 0 Å². The highest BCUT2D eigenvalue weighted by atomic mass is 32.2. The molecule has 21 heavy (non-hydrogen) atoms. The second-order valence-corrected chi connectivity index (χ2v) is 5.16. The Morgan fingerprint density at radius 3 is 1.48 bits per heavy atom. The first kappa shape index (κ1) is 14.7. The number of phenols is 2. The van der Waals surface area contributed by atoms with Gasteiger partial charge in [-0.2, -0.15) is 0 Å². The first-order valence-electron chi connectivity index (χ1n) is 5.69. The molecule has 0 aliphatic heterocycles. The minimum Gasteiger partial charge on any atom is -0.507 e. The molecule has 4 N–H and O–H groups in total. The SMILES string of the molecule is O=C(O)c1ccc(O)c(Sc2cc(C(=O)O)ccc2O)c1. The maximum Gasteiger partial charge on any atom is 0.335 e. The van der Waals surface area contributed by atoms with Crippen molar-refractivity contribution in [2.24, 2.45) is 0 Å². The van der Waals surface area contributed by atoms with Crippen molar-refractivity contribution in [3.63, 3.8) is 0 Å². The maximum atomic E-state index is 10.9. The van der Waals surface area contributed by atoms with E-state index in [9.17, 15) is 19.8 Å². The summed E-state index contributed by atoms with van der Waals surface area (Å²) in [5, 5.41) is 37.3. The fraction of sp³-hybridized carbons (Fsp3) is 0. The summed E-state index contributed by atoms with van der Waals surface area (Å²) in [5.74, 6) is -2.63. The molecule has 0 radical (unpaired) electrons. The molecule has 108 valence electrons. The average molecular weight is 306 g/mol. The fourth-order valence-corrected chi connectivity index (χ4v) is 2.53. The zero-order chi connectivity index (χ0) is 15.6. The van der Waals surface area contributed by atoms with Crippen LogP contribution in [0.4, 0.5) is 0 Å². The molecule has 0 bridgehead atoms. The number of carboxylic acid groups (broad SMARTS) is 2. The van der Waals surface area contributed by atoms with E-state index in [0.29, 0.717) is 0 Å². The van der Waals surface area contributed by atoms with E-state index in [2.05, 4.69) is 0 Å². The number of hydrogen-bond acceptors (Lipinski definition) is 5. The minimum atomic E-state index is -1.15. The van der Waals surface area contributed by atoms with Crippen LogP contribution < -0.4 is 0 Å². The number of carbonyl (C=O) groups is 2. The van der Waals surface area contributed by atoms with Crippen LogP contribution in [0.5, 0.6) is 11.5 Å². The highest BCUT2D eigenvalue weighted by molar-refractivity contribution is 7.99. The lowest BCUT2D eigenvalue weighted by atomic mass is 10.2. The number of aromatic hydroxyl groups is 2. The van der Waals surface area contributed by atoms with Gasteiger partial charge in [-0.05, 0) is 36.4 Å². The Bertz CT molecular complexity index is 664. The molecule has 2 aromatic carbocycles. The van der Waals surface area contributed by atoms with Gasteiger partial charge < -0.3 is 20.4 Å². The van der Waals surface area contributed by atoms with Crippen molar-refractivity contribution in [3.05, 3.63) is 47.5 Å². The first-order chi connectivity index (χ1) is 9.88. The van der Waals surface area contributed by atoms with E-state index in [0.717, 1.165) is 11.8 Å². The zero-order valence-electron chi connectivity index (χ0n) is 10.5. The molecule has 0 aromatic heterocycles. The van der Waals surface area contributed by atoms with Crippen LogP contribution in [0.25, 0.3) is 0 Å². The molecule has 6 nitrogen and oxygen atoms in total. The van der Waals surface area contributed by atoms with Crippen LogP contribution in [0.15, 0.2) is 46.2 Å². The van der Waals surface area contributed by atoms with Crippen molar-refractivity contribution in [1.29, 1.82) is 0 Å². The van der Waals surface area contributed by atoms with Gasteiger partial charge in [-0.3, -0.25) is 0 Å². The van der Waals surface area contributed by atoms with Gasteiger partial charge in [-0.15, -0.1) is 0 Å². The van der Waals surface area contributed by atoms with Gasteiger partial charge in [0.15, 0.2) is 0 Å². The lowest BCUT2D eigenvalue weighted by Crippen LogP contribution is -1.97. The van der Waals surface area contributed by atoms with Crippen LogP contribution in [0.1, 0.15) is 20.7 Å². The molecule has 7 heteroatoms. The third-order valence-electron chi connectivity index (χ3n) is 2.63. The Hall–Kier alpha value is -2.67. The molecule has 0 amide bonds. The predicted octanol–water partition coefficient (Wildman–Crippen LogP) is 2.65. The lowest BCUT2D eigenvalue weighted by Gasteiger charge is -2.08. The van der Waals surface area contributed by atoms with Crippen molar-refractivity contribution in [2.45, 2.75) is 9.79 Å². The first-order valence-corrected chi connectivity index (χ1v) is 6.50. The summed E-state index contributed by atoms with van der Waals surface area (Å²) < 4.78 is 0. The number of rotatable bonds is 4. The van der Waals surface area contributed by atoms with Gasteiger partial charge >= 0.3 is 11.9 Å². The van der Waals surface area contributed by atoms with Crippen molar-refractivity contribution >= 4 is 23.7 Å². The highest BCUT2D eigenvalue weighted by Crippen LogP contribution is 2.39. The molecule has 0 heterocycles. The van der Waals surface area contributed by atoms with Crippen molar-refractivity contribution < 1.29 is 30.0 Å². The van der Waals surface area contributed by atoms with Crippen LogP contribution in [0.2, 0.25) is 0 Å². The fourth-order valence-electron chi connectivity index (χ4n) is 1.58. The quantitative estimate of drug-likeness (QED) is 0.686. The van der Waals surface area contributed by atoms with E-state index in [-0.39, 0.29) is 32.4 Å². The van der Waals surface area contributed by atoms with Gasteiger partial charge in [-0.1, -0.05) is 11.8 Å². The number of benzene rings is 2. The number of phenolic OH excluding ortho intramolecular Hbond substituents is 2. The molecular weight excluding hydrogens is 296 g/mol. The zero-order valence-corrected chi connectivity index (χ0v) is 11.3. The molecule has 0 unspecified atom stereocenters. The van der Waals surface area contributed by atoms with Crippen LogP contribution in [0.3, 0.4) is 0 Å².